The smallest absolute Gasteiger partial charge is 0.283 e. The minimum atomic E-state index is -0.459. The first-order valence-electron chi connectivity index (χ1n) is 5.36. The number of rotatable bonds is 4. The second-order valence-electron chi connectivity index (χ2n) is 3.65. The molecule has 0 unspecified atom stereocenters. The molecule has 2 aromatic carbocycles. The first kappa shape index (κ1) is 13.4. The molecule has 0 N–H and O–H groups in total. The van der Waals surface area contributed by atoms with E-state index < -0.39 is 4.92 Å². The third kappa shape index (κ3) is 3.23. The highest BCUT2D eigenvalue weighted by atomic mass is 79.9. The summed E-state index contributed by atoms with van der Waals surface area (Å²) in [6, 6.07) is 11.6. The van der Waals surface area contributed by atoms with E-state index >= 15 is 0 Å². The summed E-state index contributed by atoms with van der Waals surface area (Å²) in [7, 11) is 1.57. The molecule has 98 valence electrons. The highest BCUT2D eigenvalue weighted by Gasteiger charge is 2.12. The van der Waals surface area contributed by atoms with Crippen molar-refractivity contribution >= 4 is 21.6 Å². The predicted molar refractivity (Wildman–Crippen MR) is 73.9 cm³/mol. The molecule has 2 aromatic rings. The van der Waals surface area contributed by atoms with Gasteiger partial charge in [0.1, 0.15) is 17.2 Å². The molecule has 0 atom stereocenters. The highest BCUT2D eigenvalue weighted by molar-refractivity contribution is 9.10. The molecule has 0 spiro atoms. The molecular formula is C13H10BrNO4. The van der Waals surface area contributed by atoms with Gasteiger partial charge in [0.25, 0.3) is 5.69 Å². The average molecular weight is 324 g/mol. The Morgan fingerprint density at radius 1 is 1.11 bits per heavy atom. The van der Waals surface area contributed by atoms with Gasteiger partial charge < -0.3 is 9.47 Å². The number of benzene rings is 2. The van der Waals surface area contributed by atoms with Crippen molar-refractivity contribution in [3.05, 3.63) is 57.1 Å². The summed E-state index contributed by atoms with van der Waals surface area (Å²) >= 11 is 3.14. The molecule has 19 heavy (non-hydrogen) atoms. The summed E-state index contributed by atoms with van der Waals surface area (Å²) < 4.78 is 11.1. The van der Waals surface area contributed by atoms with Crippen molar-refractivity contribution in [1.82, 2.24) is 0 Å². The third-order valence-corrected chi connectivity index (χ3v) is 3.03. The van der Waals surface area contributed by atoms with Gasteiger partial charge in [0.2, 0.25) is 0 Å². The lowest BCUT2D eigenvalue weighted by Crippen LogP contribution is -1.91. The van der Waals surface area contributed by atoms with E-state index in [0.717, 1.165) is 0 Å². The first-order chi connectivity index (χ1) is 9.10. The van der Waals surface area contributed by atoms with Crippen molar-refractivity contribution in [1.29, 1.82) is 0 Å². The van der Waals surface area contributed by atoms with Crippen LogP contribution < -0.4 is 9.47 Å². The second kappa shape index (κ2) is 5.71. The Hall–Kier alpha value is -2.08. The summed E-state index contributed by atoms with van der Waals surface area (Å²) in [5.41, 5.74) is -0.00186. The number of hydrogen-bond donors (Lipinski definition) is 0. The molecule has 0 fully saturated rings. The van der Waals surface area contributed by atoms with Gasteiger partial charge in [0, 0.05) is 18.2 Å². The normalized spacial score (nSPS) is 10.0. The number of ether oxygens (including phenoxy) is 2. The molecule has 0 bridgehead atoms. The van der Waals surface area contributed by atoms with Crippen molar-refractivity contribution in [3.63, 3.8) is 0 Å². The Morgan fingerprint density at radius 3 is 2.42 bits per heavy atom. The van der Waals surface area contributed by atoms with Gasteiger partial charge in [-0.1, -0.05) is 6.07 Å². The molecule has 2 rings (SSSR count). The van der Waals surface area contributed by atoms with Crippen LogP contribution in [0.1, 0.15) is 0 Å². The van der Waals surface area contributed by atoms with E-state index in [-0.39, 0.29) is 5.69 Å². The number of nitro groups is 1. The number of hydrogen-bond acceptors (Lipinski definition) is 4. The Labute approximate surface area is 118 Å². The molecule has 0 saturated heterocycles. The lowest BCUT2D eigenvalue weighted by atomic mass is 10.3. The molecule has 0 heterocycles. The maximum Gasteiger partial charge on any atom is 0.283 e. The Balaban J connectivity index is 2.23. The molecular weight excluding hydrogens is 314 g/mol. The zero-order valence-electron chi connectivity index (χ0n) is 10.00. The maximum absolute atomic E-state index is 10.7. The zero-order chi connectivity index (χ0) is 13.8. The first-order valence-corrected chi connectivity index (χ1v) is 6.15. The number of halogens is 1. The molecule has 0 aliphatic carbocycles. The van der Waals surface area contributed by atoms with Gasteiger partial charge in [-0.2, -0.15) is 0 Å². The van der Waals surface area contributed by atoms with Crippen molar-refractivity contribution < 1.29 is 14.4 Å². The zero-order valence-corrected chi connectivity index (χ0v) is 11.6. The van der Waals surface area contributed by atoms with Crippen LogP contribution in [0.2, 0.25) is 0 Å². The monoisotopic (exact) mass is 323 g/mol. The molecule has 0 aliphatic heterocycles. The molecule has 0 aromatic heterocycles. The third-order valence-electron chi connectivity index (χ3n) is 2.39. The van der Waals surface area contributed by atoms with E-state index in [1.165, 1.54) is 6.07 Å². The predicted octanol–water partition coefficient (Wildman–Crippen LogP) is 4.16. The van der Waals surface area contributed by atoms with Crippen molar-refractivity contribution in [3.8, 4) is 17.2 Å². The number of nitro benzene ring substituents is 1. The summed E-state index contributed by atoms with van der Waals surface area (Å²) in [5, 5.41) is 10.7. The van der Waals surface area contributed by atoms with E-state index in [9.17, 15) is 10.1 Å². The summed E-state index contributed by atoms with van der Waals surface area (Å²) in [6.45, 7) is 0. The topological polar surface area (TPSA) is 61.6 Å². The van der Waals surface area contributed by atoms with Crippen molar-refractivity contribution in [2.45, 2.75) is 0 Å². The van der Waals surface area contributed by atoms with E-state index in [1.54, 1.807) is 43.5 Å². The maximum atomic E-state index is 10.7. The van der Waals surface area contributed by atoms with E-state index in [1.807, 2.05) is 0 Å². The fraction of sp³-hybridized carbons (Fsp3) is 0.0769. The van der Waals surface area contributed by atoms with Gasteiger partial charge in [0.15, 0.2) is 0 Å². The number of methoxy groups -OCH3 is 1. The summed E-state index contributed by atoms with van der Waals surface area (Å²) in [5.74, 6) is 1.78. The standard InChI is InChI=1S/C13H10BrNO4/c1-18-9-3-2-4-10(7-9)19-11-5-6-13(15(16)17)12(14)8-11/h2-8H,1H3. The van der Waals surface area contributed by atoms with E-state index in [0.29, 0.717) is 21.7 Å². The van der Waals surface area contributed by atoms with Crippen LogP contribution in [-0.4, -0.2) is 12.0 Å². The summed E-state index contributed by atoms with van der Waals surface area (Å²) in [6.07, 6.45) is 0. The summed E-state index contributed by atoms with van der Waals surface area (Å²) in [4.78, 5) is 10.2. The van der Waals surface area contributed by atoms with Gasteiger partial charge >= 0.3 is 0 Å². The molecule has 0 radical (unpaired) electrons. The van der Waals surface area contributed by atoms with Crippen LogP contribution >= 0.6 is 15.9 Å². The molecule has 0 aliphatic rings. The van der Waals surface area contributed by atoms with Crippen LogP contribution in [0.3, 0.4) is 0 Å². The number of nitrogens with zero attached hydrogens (tertiary/aromatic N) is 1. The average Bonchev–Trinajstić information content (AvgIpc) is 2.38. The second-order valence-corrected chi connectivity index (χ2v) is 4.51. The van der Waals surface area contributed by atoms with E-state index in [4.69, 9.17) is 9.47 Å². The Kier molecular flexibility index (Phi) is 4.01. The fourth-order valence-electron chi connectivity index (χ4n) is 1.50. The van der Waals surface area contributed by atoms with Gasteiger partial charge in [-0.25, -0.2) is 0 Å². The van der Waals surface area contributed by atoms with Gasteiger partial charge in [-0.15, -0.1) is 0 Å². The quantitative estimate of drug-likeness (QED) is 0.626. The Morgan fingerprint density at radius 2 is 1.79 bits per heavy atom. The van der Waals surface area contributed by atoms with Gasteiger partial charge in [-0.3, -0.25) is 10.1 Å². The Bertz CT molecular complexity index is 615. The van der Waals surface area contributed by atoms with Crippen molar-refractivity contribution in [2.75, 3.05) is 7.11 Å². The van der Waals surface area contributed by atoms with Crippen LogP contribution in [0.4, 0.5) is 5.69 Å². The minimum absolute atomic E-state index is 0.00186. The van der Waals surface area contributed by atoms with Crippen LogP contribution in [0.5, 0.6) is 17.2 Å². The molecule has 0 amide bonds. The van der Waals surface area contributed by atoms with Crippen LogP contribution in [-0.2, 0) is 0 Å². The molecule has 0 saturated carbocycles. The van der Waals surface area contributed by atoms with Crippen LogP contribution in [0.25, 0.3) is 0 Å². The fourth-order valence-corrected chi connectivity index (χ4v) is 2.00. The van der Waals surface area contributed by atoms with Crippen LogP contribution in [0.15, 0.2) is 46.9 Å². The lowest BCUT2D eigenvalue weighted by molar-refractivity contribution is -0.385. The van der Waals surface area contributed by atoms with Crippen LogP contribution in [0, 0.1) is 10.1 Å². The largest absolute Gasteiger partial charge is 0.497 e. The van der Waals surface area contributed by atoms with Gasteiger partial charge in [-0.05, 0) is 34.1 Å². The highest BCUT2D eigenvalue weighted by Crippen LogP contribution is 2.32. The SMILES string of the molecule is COc1cccc(Oc2ccc([N+](=O)[O-])c(Br)c2)c1. The lowest BCUT2D eigenvalue weighted by Gasteiger charge is -2.07. The minimum Gasteiger partial charge on any atom is -0.497 e. The van der Waals surface area contributed by atoms with Gasteiger partial charge in [0.05, 0.1) is 16.5 Å². The molecule has 5 nitrogen and oxygen atoms in total. The van der Waals surface area contributed by atoms with E-state index in [2.05, 4.69) is 15.9 Å². The van der Waals surface area contributed by atoms with Crippen molar-refractivity contribution in [2.24, 2.45) is 0 Å². The molecule has 6 heteroatoms.